The monoisotopic (exact) mass is 236 g/mol. The molecule has 94 valence electrons. The van der Waals surface area contributed by atoms with Gasteiger partial charge in [0.05, 0.1) is 6.61 Å². The Labute approximate surface area is 102 Å². The van der Waals surface area contributed by atoms with Crippen LogP contribution in [0.5, 0.6) is 0 Å². The smallest absolute Gasteiger partial charge is 0.414 e. The van der Waals surface area contributed by atoms with Gasteiger partial charge in [-0.05, 0) is 52.0 Å². The van der Waals surface area contributed by atoms with Crippen LogP contribution in [0.4, 0.5) is 16.2 Å². The van der Waals surface area contributed by atoms with E-state index in [2.05, 4.69) is 0 Å². The molecule has 0 aliphatic heterocycles. The number of benzene rings is 1. The maximum atomic E-state index is 11.9. The summed E-state index contributed by atoms with van der Waals surface area (Å²) in [5.41, 5.74) is 6.75. The van der Waals surface area contributed by atoms with E-state index in [0.29, 0.717) is 12.3 Å². The summed E-state index contributed by atoms with van der Waals surface area (Å²) in [4.78, 5) is 13.6. The summed E-state index contributed by atoms with van der Waals surface area (Å²) in [6, 6.07) is 7.18. The zero-order valence-corrected chi connectivity index (χ0v) is 10.9. The van der Waals surface area contributed by atoms with Gasteiger partial charge in [-0.2, -0.15) is 0 Å². The van der Waals surface area contributed by atoms with Crippen LogP contribution in [0.2, 0.25) is 0 Å². The van der Waals surface area contributed by atoms with E-state index in [9.17, 15) is 4.79 Å². The number of rotatable bonds is 2. The van der Waals surface area contributed by atoms with Gasteiger partial charge in [-0.25, -0.2) is 4.79 Å². The highest BCUT2D eigenvalue weighted by atomic mass is 16.6. The molecule has 1 aromatic carbocycles. The van der Waals surface area contributed by atoms with E-state index in [-0.39, 0.29) is 11.6 Å². The first-order valence-corrected chi connectivity index (χ1v) is 5.68. The van der Waals surface area contributed by atoms with Crippen LogP contribution in [0.1, 0.15) is 27.7 Å². The highest BCUT2D eigenvalue weighted by Crippen LogP contribution is 2.25. The number of nitrogens with two attached hydrogens (primary N) is 1. The first kappa shape index (κ1) is 13.4. The average molecular weight is 236 g/mol. The van der Waals surface area contributed by atoms with Crippen LogP contribution in [0.25, 0.3) is 0 Å². The van der Waals surface area contributed by atoms with Gasteiger partial charge in [0.25, 0.3) is 0 Å². The molecule has 0 aliphatic rings. The lowest BCUT2D eigenvalue weighted by molar-refractivity contribution is 0.154. The predicted molar refractivity (Wildman–Crippen MR) is 70.1 cm³/mol. The van der Waals surface area contributed by atoms with Gasteiger partial charge < -0.3 is 10.5 Å². The Hall–Kier alpha value is -1.71. The normalized spacial score (nSPS) is 11.1. The summed E-state index contributed by atoms with van der Waals surface area (Å²) in [6.45, 7) is 8.03. The molecule has 4 heteroatoms. The maximum Gasteiger partial charge on any atom is 0.414 e. The Morgan fingerprint density at radius 3 is 2.24 bits per heavy atom. The van der Waals surface area contributed by atoms with E-state index in [4.69, 9.17) is 10.5 Å². The van der Waals surface area contributed by atoms with Crippen molar-refractivity contribution in [2.45, 2.75) is 33.2 Å². The quantitative estimate of drug-likeness (QED) is 0.803. The van der Waals surface area contributed by atoms with Gasteiger partial charge in [0.15, 0.2) is 0 Å². The predicted octanol–water partition coefficient (Wildman–Crippen LogP) is 3.03. The Kier molecular flexibility index (Phi) is 3.99. The molecule has 0 atom stereocenters. The summed E-state index contributed by atoms with van der Waals surface area (Å²) < 4.78 is 5.07. The van der Waals surface area contributed by atoms with Crippen LogP contribution < -0.4 is 10.6 Å². The molecule has 1 amide bonds. The second kappa shape index (κ2) is 5.08. The highest BCUT2D eigenvalue weighted by Gasteiger charge is 2.29. The Bertz CT molecular complexity index is 379. The molecule has 1 rings (SSSR count). The lowest BCUT2D eigenvalue weighted by Crippen LogP contribution is -2.46. The molecule has 4 nitrogen and oxygen atoms in total. The van der Waals surface area contributed by atoms with Gasteiger partial charge in [-0.1, -0.05) is 0 Å². The molecule has 0 aliphatic carbocycles. The molecule has 0 heterocycles. The molecule has 17 heavy (non-hydrogen) atoms. The number of carbonyl (C=O) groups excluding carboxylic acids is 1. The lowest BCUT2D eigenvalue weighted by Gasteiger charge is -2.34. The number of carbonyl (C=O) groups is 1. The van der Waals surface area contributed by atoms with Crippen molar-refractivity contribution in [3.05, 3.63) is 24.3 Å². The van der Waals surface area contributed by atoms with Crippen LogP contribution in [0.15, 0.2) is 24.3 Å². The van der Waals surface area contributed by atoms with Crippen molar-refractivity contribution in [2.75, 3.05) is 17.2 Å². The zero-order valence-electron chi connectivity index (χ0n) is 10.9. The van der Waals surface area contributed by atoms with Gasteiger partial charge in [0.1, 0.15) is 0 Å². The van der Waals surface area contributed by atoms with Crippen molar-refractivity contribution in [3.8, 4) is 0 Å². The van der Waals surface area contributed by atoms with E-state index in [1.807, 2.05) is 32.9 Å². The summed E-state index contributed by atoms with van der Waals surface area (Å²) in [5.74, 6) is 0. The molecule has 2 N–H and O–H groups in total. The Balaban J connectivity index is 3.07. The van der Waals surface area contributed by atoms with Crippen molar-refractivity contribution in [2.24, 2.45) is 0 Å². The molecule has 0 saturated heterocycles. The highest BCUT2D eigenvalue weighted by molar-refractivity contribution is 5.89. The molecule has 0 unspecified atom stereocenters. The van der Waals surface area contributed by atoms with Gasteiger partial charge in [-0.3, -0.25) is 4.90 Å². The van der Waals surface area contributed by atoms with Crippen molar-refractivity contribution in [1.82, 2.24) is 0 Å². The van der Waals surface area contributed by atoms with Gasteiger partial charge in [0.2, 0.25) is 0 Å². The standard InChI is InChI=1S/C13H20N2O2/c1-5-17-12(16)15(13(2,3)4)11-8-6-10(14)7-9-11/h6-9H,5,14H2,1-4H3. The van der Waals surface area contributed by atoms with E-state index in [0.717, 1.165) is 5.69 Å². The second-order valence-electron chi connectivity index (χ2n) is 4.80. The maximum absolute atomic E-state index is 11.9. The molecule has 0 aromatic heterocycles. The molecular weight excluding hydrogens is 216 g/mol. The van der Waals surface area contributed by atoms with Crippen LogP contribution in [-0.4, -0.2) is 18.2 Å². The average Bonchev–Trinajstić information content (AvgIpc) is 2.19. The fraction of sp³-hybridized carbons (Fsp3) is 0.462. The minimum atomic E-state index is -0.345. The fourth-order valence-electron chi connectivity index (χ4n) is 1.58. The zero-order chi connectivity index (χ0) is 13.1. The molecule has 0 spiro atoms. The van der Waals surface area contributed by atoms with Crippen molar-refractivity contribution in [1.29, 1.82) is 0 Å². The van der Waals surface area contributed by atoms with Gasteiger partial charge >= 0.3 is 6.09 Å². The number of anilines is 2. The van der Waals surface area contributed by atoms with E-state index in [1.54, 1.807) is 24.0 Å². The van der Waals surface area contributed by atoms with Crippen LogP contribution in [0.3, 0.4) is 0 Å². The van der Waals surface area contributed by atoms with Crippen molar-refractivity contribution >= 4 is 17.5 Å². The van der Waals surface area contributed by atoms with Crippen molar-refractivity contribution in [3.63, 3.8) is 0 Å². The Morgan fingerprint density at radius 1 is 1.29 bits per heavy atom. The van der Waals surface area contributed by atoms with Gasteiger partial charge in [0, 0.05) is 16.9 Å². The van der Waals surface area contributed by atoms with Crippen LogP contribution in [0, 0.1) is 0 Å². The van der Waals surface area contributed by atoms with Gasteiger partial charge in [-0.15, -0.1) is 0 Å². The summed E-state index contributed by atoms with van der Waals surface area (Å²) >= 11 is 0. The van der Waals surface area contributed by atoms with Crippen molar-refractivity contribution < 1.29 is 9.53 Å². The van der Waals surface area contributed by atoms with Crippen LogP contribution in [-0.2, 0) is 4.74 Å². The lowest BCUT2D eigenvalue weighted by atomic mass is 10.1. The van der Waals surface area contributed by atoms with Crippen LogP contribution >= 0.6 is 0 Å². The molecule has 0 fully saturated rings. The molecule has 0 saturated carbocycles. The second-order valence-corrected chi connectivity index (χ2v) is 4.80. The van der Waals surface area contributed by atoms with E-state index in [1.165, 1.54) is 0 Å². The fourth-order valence-corrected chi connectivity index (χ4v) is 1.58. The number of hydrogen-bond acceptors (Lipinski definition) is 3. The molecular formula is C13H20N2O2. The third kappa shape index (κ3) is 3.37. The largest absolute Gasteiger partial charge is 0.449 e. The number of nitrogens with zero attached hydrogens (tertiary/aromatic N) is 1. The topological polar surface area (TPSA) is 55.6 Å². The number of amides is 1. The minimum Gasteiger partial charge on any atom is -0.449 e. The first-order valence-electron chi connectivity index (χ1n) is 5.68. The summed E-state index contributed by atoms with van der Waals surface area (Å²) in [6.07, 6.45) is -0.343. The SMILES string of the molecule is CCOC(=O)N(c1ccc(N)cc1)C(C)(C)C. The minimum absolute atomic E-state index is 0.343. The molecule has 1 aromatic rings. The number of hydrogen-bond donors (Lipinski definition) is 1. The van der Waals surface area contributed by atoms with E-state index >= 15 is 0 Å². The first-order chi connectivity index (χ1) is 7.86. The third-order valence-corrected chi connectivity index (χ3v) is 2.27. The third-order valence-electron chi connectivity index (χ3n) is 2.27. The summed E-state index contributed by atoms with van der Waals surface area (Å²) in [7, 11) is 0. The number of nitrogen functional groups attached to an aromatic ring is 1. The van der Waals surface area contributed by atoms with E-state index < -0.39 is 0 Å². The number of ether oxygens (including phenoxy) is 1. The molecule has 0 radical (unpaired) electrons. The summed E-state index contributed by atoms with van der Waals surface area (Å²) in [5, 5.41) is 0. The molecule has 0 bridgehead atoms. The Morgan fingerprint density at radius 2 is 1.82 bits per heavy atom.